The molecule has 0 bridgehead atoms. The van der Waals surface area contributed by atoms with Crippen LogP contribution in [0.3, 0.4) is 0 Å². The normalized spacial score (nSPS) is 12.6. The Balaban J connectivity index is 2.22. The van der Waals surface area contributed by atoms with Crippen molar-refractivity contribution in [1.82, 2.24) is 0 Å². The summed E-state index contributed by atoms with van der Waals surface area (Å²) >= 11 is 2.06. The summed E-state index contributed by atoms with van der Waals surface area (Å²) in [4.78, 5) is 0. The zero-order chi connectivity index (χ0) is 41.2. The molecular weight excluding hydrogens is 958 g/mol. The molecule has 0 amide bonds. The van der Waals surface area contributed by atoms with Crippen molar-refractivity contribution in [2.24, 2.45) is 0 Å². The van der Waals surface area contributed by atoms with Crippen LogP contribution < -0.4 is 5.79 Å². The van der Waals surface area contributed by atoms with Crippen molar-refractivity contribution in [3.63, 3.8) is 0 Å². The Labute approximate surface area is 377 Å². The van der Waals surface area contributed by atoms with E-state index in [4.69, 9.17) is 0 Å². The van der Waals surface area contributed by atoms with Gasteiger partial charge in [0.15, 0.2) is 0 Å². The third kappa shape index (κ3) is 16.4. The monoisotopic (exact) mass is 1060 g/mol. The first-order valence-electron chi connectivity index (χ1n) is 26.0. The molecule has 5 heteroatoms. The van der Waals surface area contributed by atoms with Gasteiger partial charge >= 0.3 is 381 Å². The van der Waals surface area contributed by atoms with Crippen LogP contribution >= 0.6 is 34.0 Å². The van der Waals surface area contributed by atoms with Crippen LogP contribution in [0, 0.1) is 0 Å². The Morgan fingerprint density at radius 1 is 0.263 bits per heavy atom. The van der Waals surface area contributed by atoms with E-state index in [1.165, 1.54) is 193 Å². The predicted octanol–water partition coefficient (Wildman–Crippen LogP) is 19.7. The van der Waals surface area contributed by atoms with Gasteiger partial charge in [0.25, 0.3) is 0 Å². The van der Waals surface area contributed by atoms with Gasteiger partial charge in [-0.1, -0.05) is 0 Å². The molecule has 0 atom stereocenters. The van der Waals surface area contributed by atoms with E-state index in [1.807, 2.05) is 29.9 Å². The second-order valence-electron chi connectivity index (χ2n) is 18.9. The molecule has 0 fully saturated rings. The van der Waals surface area contributed by atoms with Gasteiger partial charge in [-0.2, -0.15) is 0 Å². The molecule has 3 aromatic rings. The molecule has 0 aliphatic carbocycles. The molecule has 0 N–H and O–H groups in total. The SMILES string of the molecule is CCCCCCCCCCc1[c]([Sn]([CH2]CCC)([CH2]CCC)[CH2]CCC)sc2c1sc1c(CCCCCCCCCC)[c]([Sn]([CH2]CCC)([CH2]CCC)[CH2]CCC)sc12. The van der Waals surface area contributed by atoms with E-state index >= 15 is 0 Å². The van der Waals surface area contributed by atoms with E-state index < -0.39 is 36.8 Å². The van der Waals surface area contributed by atoms with Crippen LogP contribution in [0.2, 0.25) is 26.6 Å². The van der Waals surface area contributed by atoms with E-state index in [1.54, 1.807) is 26.6 Å². The molecule has 3 aromatic heterocycles. The molecule has 0 saturated carbocycles. The van der Waals surface area contributed by atoms with Gasteiger partial charge in [0, 0.05) is 0 Å². The Hall–Kier alpha value is 1.22. The third-order valence-corrected chi connectivity index (χ3v) is 55.0. The fourth-order valence-corrected chi connectivity index (χ4v) is 55.8. The number of thiophene rings is 3. The summed E-state index contributed by atoms with van der Waals surface area (Å²) in [5.74, 6) is 0. The van der Waals surface area contributed by atoms with E-state index in [-0.39, 0.29) is 0 Å². The van der Waals surface area contributed by atoms with Crippen molar-refractivity contribution < 1.29 is 0 Å². The Kier molecular flexibility index (Phi) is 28.7. The van der Waals surface area contributed by atoms with Gasteiger partial charge in [0.2, 0.25) is 0 Å². The van der Waals surface area contributed by atoms with Crippen molar-refractivity contribution in [3.8, 4) is 0 Å². The van der Waals surface area contributed by atoms with E-state index in [0.29, 0.717) is 0 Å². The Morgan fingerprint density at radius 3 is 0.772 bits per heavy atom. The third-order valence-electron chi connectivity index (χ3n) is 13.9. The molecule has 0 unspecified atom stereocenters. The zero-order valence-electron chi connectivity index (χ0n) is 39.7. The van der Waals surface area contributed by atoms with Crippen LogP contribution in [0.25, 0.3) is 18.8 Å². The molecule has 57 heavy (non-hydrogen) atoms. The van der Waals surface area contributed by atoms with E-state index in [0.717, 1.165) is 0 Å². The second kappa shape index (κ2) is 31.1. The molecule has 330 valence electrons. The topological polar surface area (TPSA) is 0 Å². The van der Waals surface area contributed by atoms with Gasteiger partial charge in [-0.25, -0.2) is 0 Å². The average Bonchev–Trinajstić information content (AvgIpc) is 3.89. The molecule has 0 nitrogen and oxygen atoms in total. The van der Waals surface area contributed by atoms with Crippen LogP contribution in [-0.4, -0.2) is 36.8 Å². The molecule has 0 aliphatic rings. The van der Waals surface area contributed by atoms with Gasteiger partial charge < -0.3 is 0 Å². The van der Waals surface area contributed by atoms with E-state index in [9.17, 15) is 0 Å². The van der Waals surface area contributed by atoms with Crippen molar-refractivity contribution in [1.29, 1.82) is 0 Å². The minimum atomic E-state index is -2.62. The summed E-state index contributed by atoms with van der Waals surface area (Å²) in [6, 6.07) is 0. The molecule has 3 heterocycles. The summed E-state index contributed by atoms with van der Waals surface area (Å²) in [6.45, 7) is 19.6. The van der Waals surface area contributed by atoms with Crippen LogP contribution in [-0.2, 0) is 12.8 Å². The van der Waals surface area contributed by atoms with Gasteiger partial charge in [0.05, 0.1) is 0 Å². The number of fused-ring (bicyclic) bond motifs is 3. The van der Waals surface area contributed by atoms with Crippen LogP contribution in [0.5, 0.6) is 0 Å². The summed E-state index contributed by atoms with van der Waals surface area (Å²) in [6.07, 6.45) is 42.9. The molecule has 0 spiro atoms. The molecular formula is C52H96S3Sn2. The van der Waals surface area contributed by atoms with Gasteiger partial charge in [-0.15, -0.1) is 0 Å². The molecule has 3 rings (SSSR count). The maximum atomic E-state index is 2.48. The maximum absolute atomic E-state index is 2.62. The van der Waals surface area contributed by atoms with Crippen molar-refractivity contribution >= 4 is 95.4 Å². The Bertz CT molecular complexity index is 1280. The van der Waals surface area contributed by atoms with Crippen molar-refractivity contribution in [3.05, 3.63) is 11.1 Å². The number of rotatable bonds is 38. The summed E-state index contributed by atoms with van der Waals surface area (Å²) < 4.78 is 21.2. The fourth-order valence-electron chi connectivity index (χ4n) is 10.2. The Morgan fingerprint density at radius 2 is 0.509 bits per heavy atom. The van der Waals surface area contributed by atoms with Crippen molar-refractivity contribution in [2.75, 3.05) is 0 Å². The van der Waals surface area contributed by atoms with Crippen LogP contribution in [0.15, 0.2) is 0 Å². The second-order valence-corrected chi connectivity index (χ2v) is 50.0. The average molecular weight is 1050 g/mol. The van der Waals surface area contributed by atoms with Gasteiger partial charge in [0.1, 0.15) is 0 Å². The minimum absolute atomic E-state index is 1.36. The first-order valence-corrected chi connectivity index (χ1v) is 43.4. The summed E-state index contributed by atoms with van der Waals surface area (Å²) in [5, 5.41) is 0. The van der Waals surface area contributed by atoms with Crippen molar-refractivity contribution in [2.45, 2.75) is 275 Å². The zero-order valence-corrected chi connectivity index (χ0v) is 47.8. The summed E-state index contributed by atoms with van der Waals surface area (Å²) in [5.41, 5.74) is 3.90. The number of hydrogen-bond donors (Lipinski definition) is 0. The van der Waals surface area contributed by atoms with Gasteiger partial charge in [-0.05, 0) is 0 Å². The van der Waals surface area contributed by atoms with E-state index in [2.05, 4.69) is 95.2 Å². The first kappa shape index (κ1) is 52.6. The predicted molar refractivity (Wildman–Crippen MR) is 277 cm³/mol. The van der Waals surface area contributed by atoms with Crippen LogP contribution in [0.4, 0.5) is 0 Å². The molecule has 0 saturated heterocycles. The number of aryl methyl sites for hydroxylation is 2. The quantitative estimate of drug-likeness (QED) is 0.0396. The molecule has 0 radical (unpaired) electrons. The number of hydrogen-bond acceptors (Lipinski definition) is 3. The fraction of sp³-hybridized carbons (Fsp3) is 0.846. The van der Waals surface area contributed by atoms with Gasteiger partial charge in [-0.3, -0.25) is 0 Å². The molecule has 0 aromatic carbocycles. The first-order chi connectivity index (χ1) is 28.0. The van der Waals surface area contributed by atoms with Crippen LogP contribution in [0.1, 0.15) is 246 Å². The standard InChI is InChI=1S/C28H42S3.6C4H9.2Sn/c1-3-5-7-9-11-13-15-17-19-23-21-29-27-25(23)31-26-24(22-30-28(26)27)20-18-16-14-12-10-8-6-4-2;6*1-3-4-2;;/h3-20H2,1-2H3;6*1,3-4H2,2H3;;. The molecule has 0 aliphatic heterocycles. The number of unbranched alkanes of at least 4 members (excludes halogenated alkanes) is 20. The summed E-state index contributed by atoms with van der Waals surface area (Å²) in [7, 11) is 0.